The summed E-state index contributed by atoms with van der Waals surface area (Å²) in [5, 5.41) is 3.40. The average molecular weight is 394 g/mol. The summed E-state index contributed by atoms with van der Waals surface area (Å²) in [7, 11) is 0. The number of pyridine rings is 1. The van der Waals surface area contributed by atoms with Crippen LogP contribution in [0.4, 0.5) is 0 Å². The normalized spacial score (nSPS) is 16.1. The second kappa shape index (κ2) is 8.45. The van der Waals surface area contributed by atoms with Crippen molar-refractivity contribution >= 4 is 22.8 Å². The molecule has 0 aliphatic carbocycles. The molecule has 1 aliphatic heterocycles. The number of para-hydroxylation sites is 1. The summed E-state index contributed by atoms with van der Waals surface area (Å²) in [4.78, 5) is 29.3. The number of fused-ring (bicyclic) bond motifs is 1. The molecular weight excluding hydrogens is 372 g/mol. The minimum absolute atomic E-state index is 0.0399. The van der Waals surface area contributed by atoms with Crippen LogP contribution >= 0.6 is 0 Å². The van der Waals surface area contributed by atoms with Crippen molar-refractivity contribution in [3.8, 4) is 11.5 Å². The molecule has 1 aliphatic rings. The van der Waals surface area contributed by atoms with Gasteiger partial charge >= 0.3 is 5.97 Å². The molecule has 4 rings (SSSR count). The molecule has 1 saturated heterocycles. The summed E-state index contributed by atoms with van der Waals surface area (Å²) in [5.41, 5.74) is 1.52. The van der Waals surface area contributed by atoms with Gasteiger partial charge in [0.15, 0.2) is 12.4 Å². The minimum Gasteiger partial charge on any atom is -0.460 e. The van der Waals surface area contributed by atoms with Crippen molar-refractivity contribution in [2.75, 3.05) is 19.8 Å². The van der Waals surface area contributed by atoms with E-state index in [1.807, 2.05) is 31.2 Å². The van der Waals surface area contributed by atoms with Crippen LogP contribution < -0.4 is 5.32 Å². The third-order valence-electron chi connectivity index (χ3n) is 4.81. The Bertz CT molecular complexity index is 1040. The van der Waals surface area contributed by atoms with Gasteiger partial charge in [-0.3, -0.25) is 4.79 Å². The van der Waals surface area contributed by atoms with E-state index in [2.05, 4.69) is 10.3 Å². The zero-order chi connectivity index (χ0) is 20.2. The Hall–Kier alpha value is -3.19. The number of hydrogen-bond donors (Lipinski definition) is 1. The summed E-state index contributed by atoms with van der Waals surface area (Å²) >= 11 is 0. The van der Waals surface area contributed by atoms with E-state index in [-0.39, 0.29) is 18.6 Å². The third-order valence-corrected chi connectivity index (χ3v) is 4.81. The van der Waals surface area contributed by atoms with E-state index in [1.54, 1.807) is 18.2 Å². The van der Waals surface area contributed by atoms with Gasteiger partial charge in [-0.25, -0.2) is 9.78 Å². The lowest BCUT2D eigenvalue weighted by atomic mass is 10.1. The standard InChI is InChI=1S/C22H22N2O5/c1-14-8-9-20(29-14)19-11-17(16-6-2-3-7-18(16)24-19)22(26)28-13-21(25)23-12-15-5-4-10-27-15/h2-3,6-9,11,15H,4-5,10,12-13H2,1H3,(H,23,25)/t15-/m1/s1. The number of esters is 1. The Labute approximate surface area is 168 Å². The molecule has 1 N–H and O–H groups in total. The van der Waals surface area contributed by atoms with Crippen LogP contribution in [0.1, 0.15) is 29.0 Å². The monoisotopic (exact) mass is 394 g/mol. The quantitative estimate of drug-likeness (QED) is 0.646. The van der Waals surface area contributed by atoms with Gasteiger partial charge in [0, 0.05) is 18.5 Å². The average Bonchev–Trinajstić information content (AvgIpc) is 3.41. The van der Waals surface area contributed by atoms with Crippen molar-refractivity contribution in [1.82, 2.24) is 10.3 Å². The van der Waals surface area contributed by atoms with Crippen molar-refractivity contribution in [3.63, 3.8) is 0 Å². The summed E-state index contributed by atoms with van der Waals surface area (Å²) in [6.45, 7) is 2.64. The number of aryl methyl sites for hydroxylation is 1. The van der Waals surface area contributed by atoms with Crippen molar-refractivity contribution in [1.29, 1.82) is 0 Å². The van der Waals surface area contributed by atoms with E-state index < -0.39 is 5.97 Å². The number of nitrogens with zero attached hydrogens (tertiary/aromatic N) is 1. The van der Waals surface area contributed by atoms with Crippen LogP contribution in [0.15, 0.2) is 46.9 Å². The van der Waals surface area contributed by atoms with Crippen LogP contribution in [0.25, 0.3) is 22.4 Å². The number of benzene rings is 1. The Kier molecular flexibility index (Phi) is 5.57. The summed E-state index contributed by atoms with van der Waals surface area (Å²) in [5.74, 6) is 0.382. The van der Waals surface area contributed by atoms with Crippen LogP contribution in [0, 0.1) is 6.92 Å². The largest absolute Gasteiger partial charge is 0.460 e. The molecule has 1 atom stereocenters. The van der Waals surface area contributed by atoms with Crippen LogP contribution in [0.5, 0.6) is 0 Å². The van der Waals surface area contributed by atoms with E-state index in [1.165, 1.54) is 0 Å². The van der Waals surface area contributed by atoms with Crippen LogP contribution in [-0.4, -0.2) is 42.7 Å². The van der Waals surface area contributed by atoms with Crippen molar-refractivity contribution in [2.45, 2.75) is 25.9 Å². The molecule has 0 bridgehead atoms. The number of nitrogens with one attached hydrogen (secondary N) is 1. The molecule has 29 heavy (non-hydrogen) atoms. The molecule has 2 aromatic heterocycles. The van der Waals surface area contributed by atoms with Crippen molar-refractivity contribution in [2.24, 2.45) is 0 Å². The number of amides is 1. The second-order valence-electron chi connectivity index (χ2n) is 7.00. The molecule has 150 valence electrons. The number of hydrogen-bond acceptors (Lipinski definition) is 6. The van der Waals surface area contributed by atoms with Gasteiger partial charge in [-0.15, -0.1) is 0 Å². The summed E-state index contributed by atoms with van der Waals surface area (Å²) in [6, 6.07) is 12.6. The third kappa shape index (κ3) is 4.46. The molecule has 1 fully saturated rings. The lowest BCUT2D eigenvalue weighted by molar-refractivity contribution is -0.124. The molecule has 3 aromatic rings. The highest BCUT2D eigenvalue weighted by Gasteiger charge is 2.19. The zero-order valence-corrected chi connectivity index (χ0v) is 16.1. The van der Waals surface area contributed by atoms with E-state index in [0.717, 1.165) is 25.2 Å². The molecule has 0 saturated carbocycles. The molecule has 0 unspecified atom stereocenters. The highest BCUT2D eigenvalue weighted by Crippen LogP contribution is 2.26. The molecular formula is C22H22N2O5. The number of carbonyl (C=O) groups excluding carboxylic acids is 2. The summed E-state index contributed by atoms with van der Waals surface area (Å²) in [6.07, 6.45) is 1.97. The van der Waals surface area contributed by atoms with Gasteiger partial charge in [-0.2, -0.15) is 0 Å². The SMILES string of the molecule is Cc1ccc(-c2cc(C(=O)OCC(=O)NC[C@H]3CCCO3)c3ccccc3n2)o1. The maximum atomic E-state index is 12.7. The smallest absolute Gasteiger partial charge is 0.339 e. The molecule has 7 nitrogen and oxygen atoms in total. The molecule has 1 amide bonds. The van der Waals surface area contributed by atoms with Gasteiger partial charge in [0.05, 0.1) is 17.2 Å². The Morgan fingerprint density at radius 1 is 1.24 bits per heavy atom. The lowest BCUT2D eigenvalue weighted by Crippen LogP contribution is -2.34. The first kappa shape index (κ1) is 19.1. The predicted octanol–water partition coefficient (Wildman–Crippen LogP) is 3.26. The number of rotatable bonds is 6. The Balaban J connectivity index is 1.49. The van der Waals surface area contributed by atoms with Crippen LogP contribution in [0.3, 0.4) is 0 Å². The van der Waals surface area contributed by atoms with Crippen LogP contribution in [0.2, 0.25) is 0 Å². The first-order chi connectivity index (χ1) is 14.1. The van der Waals surface area contributed by atoms with Gasteiger partial charge in [0.1, 0.15) is 11.5 Å². The number of carbonyl (C=O) groups is 2. The Morgan fingerprint density at radius 3 is 2.86 bits per heavy atom. The molecule has 0 radical (unpaired) electrons. The lowest BCUT2D eigenvalue weighted by Gasteiger charge is -2.12. The maximum absolute atomic E-state index is 12.7. The number of furan rings is 1. The fourth-order valence-electron chi connectivity index (χ4n) is 3.34. The highest BCUT2D eigenvalue weighted by atomic mass is 16.5. The van der Waals surface area contributed by atoms with Gasteiger partial charge < -0.3 is 19.2 Å². The van der Waals surface area contributed by atoms with E-state index in [4.69, 9.17) is 13.9 Å². The first-order valence-corrected chi connectivity index (χ1v) is 9.62. The molecule has 1 aromatic carbocycles. The van der Waals surface area contributed by atoms with E-state index in [9.17, 15) is 9.59 Å². The summed E-state index contributed by atoms with van der Waals surface area (Å²) < 4.78 is 16.4. The zero-order valence-electron chi connectivity index (χ0n) is 16.1. The molecule has 7 heteroatoms. The minimum atomic E-state index is -0.583. The fraction of sp³-hybridized carbons (Fsp3) is 0.318. The second-order valence-corrected chi connectivity index (χ2v) is 7.00. The van der Waals surface area contributed by atoms with Crippen molar-refractivity contribution in [3.05, 3.63) is 53.8 Å². The number of ether oxygens (including phenoxy) is 2. The molecule has 3 heterocycles. The van der Waals surface area contributed by atoms with Crippen LogP contribution in [-0.2, 0) is 14.3 Å². The predicted molar refractivity (Wildman–Crippen MR) is 106 cm³/mol. The van der Waals surface area contributed by atoms with Gasteiger partial charge in [-0.05, 0) is 44.0 Å². The van der Waals surface area contributed by atoms with Gasteiger partial charge in [-0.1, -0.05) is 18.2 Å². The van der Waals surface area contributed by atoms with E-state index >= 15 is 0 Å². The fourth-order valence-corrected chi connectivity index (χ4v) is 3.34. The highest BCUT2D eigenvalue weighted by molar-refractivity contribution is 6.05. The van der Waals surface area contributed by atoms with Gasteiger partial charge in [0.25, 0.3) is 5.91 Å². The van der Waals surface area contributed by atoms with Crippen molar-refractivity contribution < 1.29 is 23.5 Å². The topological polar surface area (TPSA) is 90.7 Å². The van der Waals surface area contributed by atoms with Gasteiger partial charge in [0.2, 0.25) is 0 Å². The molecule has 0 spiro atoms. The Morgan fingerprint density at radius 2 is 2.10 bits per heavy atom. The first-order valence-electron chi connectivity index (χ1n) is 9.62. The maximum Gasteiger partial charge on any atom is 0.339 e. The van der Waals surface area contributed by atoms with E-state index in [0.29, 0.717) is 34.5 Å². The number of aromatic nitrogens is 1.